The standard InChI is InChI=1S/C14H15N3O2/c18-14(19)12-7-6-11(16-12)13-8-9-15-17(13)10-4-2-1-3-5-10/h1-5,8-9,11-12,16H,6-7H2,(H,18,19). The van der Waals surface area contributed by atoms with Gasteiger partial charge in [0.15, 0.2) is 0 Å². The topological polar surface area (TPSA) is 67.1 Å². The summed E-state index contributed by atoms with van der Waals surface area (Å²) >= 11 is 0. The van der Waals surface area contributed by atoms with Gasteiger partial charge in [0.1, 0.15) is 6.04 Å². The van der Waals surface area contributed by atoms with E-state index in [1.165, 1.54) is 0 Å². The summed E-state index contributed by atoms with van der Waals surface area (Å²) in [6.45, 7) is 0. The molecule has 98 valence electrons. The molecule has 1 saturated heterocycles. The molecule has 5 nitrogen and oxygen atoms in total. The van der Waals surface area contributed by atoms with Crippen LogP contribution >= 0.6 is 0 Å². The molecule has 5 heteroatoms. The second-order valence-corrected chi connectivity index (χ2v) is 4.69. The van der Waals surface area contributed by atoms with Crippen molar-refractivity contribution < 1.29 is 9.90 Å². The number of carboxylic acids is 1. The number of carboxylic acid groups (broad SMARTS) is 1. The third-order valence-corrected chi connectivity index (χ3v) is 3.47. The summed E-state index contributed by atoms with van der Waals surface area (Å²) in [5.74, 6) is -0.784. The lowest BCUT2D eigenvalue weighted by Crippen LogP contribution is -2.32. The van der Waals surface area contributed by atoms with Gasteiger partial charge in [-0.15, -0.1) is 0 Å². The van der Waals surface area contributed by atoms with Gasteiger partial charge in [-0.05, 0) is 31.0 Å². The second kappa shape index (κ2) is 4.85. The summed E-state index contributed by atoms with van der Waals surface area (Å²) in [6.07, 6.45) is 3.22. The first-order valence-corrected chi connectivity index (χ1v) is 6.34. The van der Waals surface area contributed by atoms with E-state index in [0.717, 1.165) is 17.8 Å². The largest absolute Gasteiger partial charge is 0.480 e. The highest BCUT2D eigenvalue weighted by molar-refractivity contribution is 5.73. The van der Waals surface area contributed by atoms with Crippen LogP contribution in [0.2, 0.25) is 0 Å². The maximum atomic E-state index is 11.0. The fourth-order valence-electron chi connectivity index (χ4n) is 2.53. The Balaban J connectivity index is 1.88. The fraction of sp³-hybridized carbons (Fsp3) is 0.286. The van der Waals surface area contributed by atoms with Crippen molar-refractivity contribution >= 4 is 5.97 Å². The number of aromatic nitrogens is 2. The molecule has 0 radical (unpaired) electrons. The van der Waals surface area contributed by atoms with E-state index in [1.54, 1.807) is 6.20 Å². The van der Waals surface area contributed by atoms with E-state index in [-0.39, 0.29) is 6.04 Å². The van der Waals surface area contributed by atoms with Gasteiger partial charge in [0.05, 0.1) is 17.4 Å². The molecule has 2 heterocycles. The molecule has 2 atom stereocenters. The van der Waals surface area contributed by atoms with Crippen molar-refractivity contribution in [2.75, 3.05) is 0 Å². The minimum absolute atomic E-state index is 0.0452. The minimum Gasteiger partial charge on any atom is -0.480 e. The van der Waals surface area contributed by atoms with Gasteiger partial charge in [-0.3, -0.25) is 10.1 Å². The third kappa shape index (κ3) is 2.24. The molecule has 0 amide bonds. The number of para-hydroxylation sites is 1. The Kier molecular flexibility index (Phi) is 3.05. The Morgan fingerprint density at radius 3 is 2.74 bits per heavy atom. The fourth-order valence-corrected chi connectivity index (χ4v) is 2.53. The van der Waals surface area contributed by atoms with E-state index in [1.807, 2.05) is 41.1 Å². The van der Waals surface area contributed by atoms with Crippen LogP contribution in [0.4, 0.5) is 0 Å². The number of aliphatic carboxylic acids is 1. The molecular weight excluding hydrogens is 242 g/mol. The van der Waals surface area contributed by atoms with Crippen LogP contribution in [0.25, 0.3) is 5.69 Å². The van der Waals surface area contributed by atoms with Crippen molar-refractivity contribution in [3.8, 4) is 5.69 Å². The quantitative estimate of drug-likeness (QED) is 0.879. The van der Waals surface area contributed by atoms with Gasteiger partial charge in [-0.25, -0.2) is 4.68 Å². The van der Waals surface area contributed by atoms with Crippen molar-refractivity contribution in [2.24, 2.45) is 0 Å². The number of nitrogens with zero attached hydrogens (tertiary/aromatic N) is 2. The average Bonchev–Trinajstić information content (AvgIpc) is 3.08. The first kappa shape index (κ1) is 11.9. The van der Waals surface area contributed by atoms with Gasteiger partial charge >= 0.3 is 5.97 Å². The highest BCUT2D eigenvalue weighted by Gasteiger charge is 2.31. The van der Waals surface area contributed by atoms with E-state index in [9.17, 15) is 4.79 Å². The number of benzene rings is 1. The summed E-state index contributed by atoms with van der Waals surface area (Å²) in [7, 11) is 0. The molecule has 1 aliphatic rings. The van der Waals surface area contributed by atoms with Crippen molar-refractivity contribution in [1.29, 1.82) is 0 Å². The number of hydrogen-bond donors (Lipinski definition) is 2. The number of rotatable bonds is 3. The molecule has 1 fully saturated rings. The SMILES string of the molecule is O=C(O)C1CCC(c2ccnn2-c2ccccc2)N1. The van der Waals surface area contributed by atoms with E-state index < -0.39 is 12.0 Å². The van der Waals surface area contributed by atoms with Crippen LogP contribution in [0.15, 0.2) is 42.6 Å². The Morgan fingerprint density at radius 1 is 1.26 bits per heavy atom. The molecule has 19 heavy (non-hydrogen) atoms. The van der Waals surface area contributed by atoms with Crippen molar-refractivity contribution in [1.82, 2.24) is 15.1 Å². The molecule has 0 saturated carbocycles. The Morgan fingerprint density at radius 2 is 2.05 bits per heavy atom. The molecule has 2 aromatic rings. The molecule has 3 rings (SSSR count). The van der Waals surface area contributed by atoms with Crippen LogP contribution in [-0.2, 0) is 4.79 Å². The lowest BCUT2D eigenvalue weighted by atomic mass is 10.1. The van der Waals surface area contributed by atoms with Crippen LogP contribution in [0.1, 0.15) is 24.6 Å². The maximum absolute atomic E-state index is 11.0. The lowest BCUT2D eigenvalue weighted by Gasteiger charge is -2.14. The maximum Gasteiger partial charge on any atom is 0.320 e. The summed E-state index contributed by atoms with van der Waals surface area (Å²) in [6, 6.07) is 11.4. The molecule has 0 spiro atoms. The minimum atomic E-state index is -0.784. The first-order valence-electron chi connectivity index (χ1n) is 6.34. The number of nitrogens with one attached hydrogen (secondary N) is 1. The van der Waals surface area contributed by atoms with E-state index in [2.05, 4.69) is 10.4 Å². The van der Waals surface area contributed by atoms with E-state index in [0.29, 0.717) is 6.42 Å². The zero-order valence-corrected chi connectivity index (χ0v) is 10.4. The van der Waals surface area contributed by atoms with E-state index in [4.69, 9.17) is 5.11 Å². The van der Waals surface area contributed by atoms with Crippen molar-refractivity contribution in [2.45, 2.75) is 24.9 Å². The second-order valence-electron chi connectivity index (χ2n) is 4.69. The molecule has 1 aromatic heterocycles. The normalized spacial score (nSPS) is 22.5. The number of carbonyl (C=O) groups is 1. The summed E-state index contributed by atoms with van der Waals surface area (Å²) in [4.78, 5) is 11.0. The summed E-state index contributed by atoms with van der Waals surface area (Å²) < 4.78 is 1.86. The van der Waals surface area contributed by atoms with Gasteiger partial charge in [-0.1, -0.05) is 18.2 Å². The monoisotopic (exact) mass is 257 g/mol. The Labute approximate surface area is 110 Å². The zero-order valence-electron chi connectivity index (χ0n) is 10.4. The molecule has 1 aliphatic heterocycles. The predicted octanol–water partition coefficient (Wildman–Crippen LogP) is 1.75. The molecule has 2 unspecified atom stereocenters. The van der Waals surface area contributed by atoms with Gasteiger partial charge < -0.3 is 5.11 Å². The van der Waals surface area contributed by atoms with Gasteiger partial charge in [-0.2, -0.15) is 5.10 Å². The van der Waals surface area contributed by atoms with Crippen LogP contribution in [-0.4, -0.2) is 26.9 Å². The highest BCUT2D eigenvalue weighted by Crippen LogP contribution is 2.27. The van der Waals surface area contributed by atoms with Gasteiger partial charge in [0, 0.05) is 6.20 Å². The Hall–Kier alpha value is -2.14. The van der Waals surface area contributed by atoms with Gasteiger partial charge in [0.25, 0.3) is 0 Å². The highest BCUT2D eigenvalue weighted by atomic mass is 16.4. The van der Waals surface area contributed by atoms with Crippen LogP contribution in [0, 0.1) is 0 Å². The average molecular weight is 257 g/mol. The van der Waals surface area contributed by atoms with Gasteiger partial charge in [0.2, 0.25) is 0 Å². The molecule has 2 N–H and O–H groups in total. The molecule has 1 aromatic carbocycles. The lowest BCUT2D eigenvalue weighted by molar-refractivity contribution is -0.139. The van der Waals surface area contributed by atoms with Crippen molar-refractivity contribution in [3.63, 3.8) is 0 Å². The molecule has 0 aliphatic carbocycles. The number of hydrogen-bond acceptors (Lipinski definition) is 3. The molecule has 0 bridgehead atoms. The smallest absolute Gasteiger partial charge is 0.320 e. The van der Waals surface area contributed by atoms with Crippen LogP contribution < -0.4 is 5.32 Å². The summed E-state index contributed by atoms with van der Waals surface area (Å²) in [5, 5.41) is 16.5. The summed E-state index contributed by atoms with van der Waals surface area (Å²) in [5.41, 5.74) is 2.00. The van der Waals surface area contributed by atoms with E-state index >= 15 is 0 Å². The van der Waals surface area contributed by atoms with Crippen LogP contribution in [0.5, 0.6) is 0 Å². The zero-order chi connectivity index (χ0) is 13.2. The predicted molar refractivity (Wildman–Crippen MR) is 70.1 cm³/mol. The first-order chi connectivity index (χ1) is 9.25. The third-order valence-electron chi connectivity index (χ3n) is 3.47. The van der Waals surface area contributed by atoms with Crippen LogP contribution in [0.3, 0.4) is 0 Å². The van der Waals surface area contributed by atoms with Crippen molar-refractivity contribution in [3.05, 3.63) is 48.3 Å². The Bertz CT molecular complexity index is 579. The molecular formula is C14H15N3O2.